The van der Waals surface area contributed by atoms with Crippen molar-refractivity contribution >= 4 is 23.0 Å². The third-order valence-electron chi connectivity index (χ3n) is 1.93. The van der Waals surface area contributed by atoms with Gasteiger partial charge in [-0.15, -0.1) is 0 Å². The largest absolute Gasteiger partial charge is 0.359 e. The van der Waals surface area contributed by atoms with E-state index in [1.165, 1.54) is 0 Å². The van der Waals surface area contributed by atoms with Gasteiger partial charge in [-0.2, -0.15) is 0 Å². The molecule has 13 heavy (non-hydrogen) atoms. The quantitative estimate of drug-likeness (QED) is 0.648. The van der Waals surface area contributed by atoms with E-state index < -0.39 is 0 Å². The number of hydrazine groups is 1. The molecule has 1 aliphatic rings. The van der Waals surface area contributed by atoms with Gasteiger partial charge < -0.3 is 5.32 Å². The zero-order chi connectivity index (χ0) is 9.10. The summed E-state index contributed by atoms with van der Waals surface area (Å²) in [7, 11) is 0. The van der Waals surface area contributed by atoms with Crippen LogP contribution >= 0.6 is 12.2 Å². The summed E-state index contributed by atoms with van der Waals surface area (Å²) in [6.45, 7) is 1.81. The van der Waals surface area contributed by atoms with Gasteiger partial charge in [-0.3, -0.25) is 10.4 Å². The lowest BCUT2D eigenvalue weighted by molar-refractivity contribution is 0.670. The Bertz CT molecular complexity index is 299. The molecule has 0 spiro atoms. The normalized spacial score (nSPS) is 16.3. The molecule has 0 aromatic heterocycles. The van der Waals surface area contributed by atoms with Gasteiger partial charge in [0.15, 0.2) is 5.11 Å². The monoisotopic (exact) mass is 193 g/mol. The van der Waals surface area contributed by atoms with Crippen molar-refractivity contribution in [3.63, 3.8) is 0 Å². The van der Waals surface area contributed by atoms with E-state index in [4.69, 9.17) is 12.2 Å². The molecule has 2 rings (SSSR count). The molecule has 0 radical (unpaired) electrons. The molecule has 0 aliphatic carbocycles. The molecule has 0 amide bonds. The molecule has 68 valence electrons. The van der Waals surface area contributed by atoms with E-state index in [2.05, 4.69) is 22.9 Å². The number of thiocarbonyl (C=S) groups is 1. The van der Waals surface area contributed by atoms with E-state index in [1.807, 2.05) is 23.2 Å². The Hall–Kier alpha value is -1.29. The Morgan fingerprint density at radius 1 is 1.23 bits per heavy atom. The highest BCUT2D eigenvalue weighted by atomic mass is 32.1. The van der Waals surface area contributed by atoms with Crippen LogP contribution in [0.25, 0.3) is 0 Å². The average Bonchev–Trinajstić information content (AvgIpc) is 2.19. The molecule has 0 unspecified atom stereocenters. The predicted molar refractivity (Wildman–Crippen MR) is 57.5 cm³/mol. The van der Waals surface area contributed by atoms with Gasteiger partial charge in [0.2, 0.25) is 0 Å². The first-order chi connectivity index (χ1) is 6.36. The first kappa shape index (κ1) is 8.31. The van der Waals surface area contributed by atoms with Crippen LogP contribution < -0.4 is 15.8 Å². The van der Waals surface area contributed by atoms with Crippen molar-refractivity contribution in [3.8, 4) is 0 Å². The van der Waals surface area contributed by atoms with Gasteiger partial charge in [-0.25, -0.2) is 0 Å². The van der Waals surface area contributed by atoms with Crippen LogP contribution in [-0.2, 0) is 0 Å². The van der Waals surface area contributed by atoms with Gasteiger partial charge in [0.25, 0.3) is 0 Å². The Balaban J connectivity index is 2.13. The summed E-state index contributed by atoms with van der Waals surface area (Å²) in [4.78, 5) is 0. The molecular formula is C9H11N3S. The fourth-order valence-electron chi connectivity index (χ4n) is 1.30. The van der Waals surface area contributed by atoms with Crippen molar-refractivity contribution in [2.45, 2.75) is 0 Å². The second-order valence-electron chi connectivity index (χ2n) is 2.85. The van der Waals surface area contributed by atoms with Crippen LogP contribution in [-0.4, -0.2) is 18.2 Å². The Labute approximate surface area is 82.7 Å². The molecule has 0 bridgehead atoms. The Morgan fingerprint density at radius 3 is 2.69 bits per heavy atom. The topological polar surface area (TPSA) is 27.3 Å². The fraction of sp³-hybridized carbons (Fsp3) is 0.222. The number of nitrogens with one attached hydrogen (secondary N) is 2. The molecule has 0 atom stereocenters. The summed E-state index contributed by atoms with van der Waals surface area (Å²) in [5.74, 6) is 0. The number of rotatable bonds is 1. The molecule has 1 heterocycles. The van der Waals surface area contributed by atoms with Crippen LogP contribution in [0.3, 0.4) is 0 Å². The molecule has 3 nitrogen and oxygen atoms in total. The number of anilines is 1. The number of benzene rings is 1. The van der Waals surface area contributed by atoms with Crippen LogP contribution in [0.4, 0.5) is 5.69 Å². The minimum Gasteiger partial charge on any atom is -0.359 e. The summed E-state index contributed by atoms with van der Waals surface area (Å²) >= 11 is 5.02. The molecule has 1 aliphatic heterocycles. The number of para-hydroxylation sites is 1. The molecule has 1 aromatic carbocycles. The molecule has 2 N–H and O–H groups in total. The van der Waals surface area contributed by atoms with E-state index in [0.717, 1.165) is 18.8 Å². The average molecular weight is 193 g/mol. The SMILES string of the molecule is S=C1NCCN(c2ccccc2)N1. The maximum atomic E-state index is 5.02. The second-order valence-corrected chi connectivity index (χ2v) is 3.26. The van der Waals surface area contributed by atoms with Crippen LogP contribution in [0, 0.1) is 0 Å². The number of nitrogens with zero attached hydrogens (tertiary/aromatic N) is 1. The number of hydrogen-bond acceptors (Lipinski definition) is 2. The maximum absolute atomic E-state index is 5.02. The highest BCUT2D eigenvalue weighted by Gasteiger charge is 2.11. The molecule has 1 saturated heterocycles. The third-order valence-corrected chi connectivity index (χ3v) is 2.16. The summed E-state index contributed by atoms with van der Waals surface area (Å²) in [5.41, 5.74) is 4.23. The van der Waals surface area contributed by atoms with E-state index >= 15 is 0 Å². The molecule has 4 heteroatoms. The summed E-state index contributed by atoms with van der Waals surface area (Å²) < 4.78 is 0. The van der Waals surface area contributed by atoms with E-state index in [0.29, 0.717) is 5.11 Å². The minimum atomic E-state index is 0.690. The van der Waals surface area contributed by atoms with E-state index in [-0.39, 0.29) is 0 Å². The van der Waals surface area contributed by atoms with Crippen molar-refractivity contribution in [1.29, 1.82) is 0 Å². The second kappa shape index (κ2) is 3.62. The Morgan fingerprint density at radius 2 is 2.00 bits per heavy atom. The summed E-state index contributed by atoms with van der Waals surface area (Å²) in [6.07, 6.45) is 0. The van der Waals surface area contributed by atoms with Gasteiger partial charge in [0.1, 0.15) is 0 Å². The van der Waals surface area contributed by atoms with Crippen molar-refractivity contribution in [1.82, 2.24) is 10.7 Å². The van der Waals surface area contributed by atoms with Crippen LogP contribution in [0.5, 0.6) is 0 Å². The predicted octanol–water partition coefficient (Wildman–Crippen LogP) is 0.886. The zero-order valence-corrected chi connectivity index (χ0v) is 7.97. The van der Waals surface area contributed by atoms with Crippen molar-refractivity contribution in [2.75, 3.05) is 18.1 Å². The molecular weight excluding hydrogens is 182 g/mol. The number of hydrogen-bond donors (Lipinski definition) is 2. The van der Waals surface area contributed by atoms with Crippen LogP contribution in [0.15, 0.2) is 30.3 Å². The summed E-state index contributed by atoms with van der Waals surface area (Å²) in [5, 5.41) is 5.79. The lowest BCUT2D eigenvalue weighted by Gasteiger charge is -2.31. The van der Waals surface area contributed by atoms with Crippen LogP contribution in [0.1, 0.15) is 0 Å². The molecule has 1 aromatic rings. The fourth-order valence-corrected chi connectivity index (χ4v) is 1.51. The maximum Gasteiger partial charge on any atom is 0.185 e. The van der Waals surface area contributed by atoms with Gasteiger partial charge >= 0.3 is 0 Å². The third kappa shape index (κ3) is 1.89. The van der Waals surface area contributed by atoms with Gasteiger partial charge in [-0.05, 0) is 24.4 Å². The van der Waals surface area contributed by atoms with Gasteiger partial charge in [-0.1, -0.05) is 18.2 Å². The molecule has 1 fully saturated rings. The van der Waals surface area contributed by atoms with E-state index in [9.17, 15) is 0 Å². The van der Waals surface area contributed by atoms with Crippen molar-refractivity contribution < 1.29 is 0 Å². The smallest absolute Gasteiger partial charge is 0.185 e. The van der Waals surface area contributed by atoms with Crippen LogP contribution in [0.2, 0.25) is 0 Å². The highest BCUT2D eigenvalue weighted by Crippen LogP contribution is 2.10. The minimum absolute atomic E-state index is 0.690. The summed E-state index contributed by atoms with van der Waals surface area (Å²) in [6, 6.07) is 10.1. The first-order valence-electron chi connectivity index (χ1n) is 4.23. The zero-order valence-electron chi connectivity index (χ0n) is 7.16. The first-order valence-corrected chi connectivity index (χ1v) is 4.64. The molecule has 0 saturated carbocycles. The highest BCUT2D eigenvalue weighted by molar-refractivity contribution is 7.80. The standard InChI is InChI=1S/C9H11N3S/c13-9-10-6-7-12(11-9)8-4-2-1-3-5-8/h1-5H,6-7H2,(H2,10,11,13). The van der Waals surface area contributed by atoms with Gasteiger partial charge in [0, 0.05) is 6.54 Å². The lowest BCUT2D eigenvalue weighted by atomic mass is 10.3. The van der Waals surface area contributed by atoms with Crippen molar-refractivity contribution in [3.05, 3.63) is 30.3 Å². The van der Waals surface area contributed by atoms with Crippen molar-refractivity contribution in [2.24, 2.45) is 0 Å². The lowest BCUT2D eigenvalue weighted by Crippen LogP contribution is -2.55. The van der Waals surface area contributed by atoms with E-state index in [1.54, 1.807) is 0 Å². The Kier molecular flexibility index (Phi) is 2.31. The van der Waals surface area contributed by atoms with Gasteiger partial charge in [0.05, 0.1) is 12.2 Å².